The van der Waals surface area contributed by atoms with Crippen molar-refractivity contribution in [3.05, 3.63) is 41.9 Å². The van der Waals surface area contributed by atoms with Gasteiger partial charge in [0.05, 0.1) is 18.4 Å². The van der Waals surface area contributed by atoms with Gasteiger partial charge in [-0.15, -0.1) is 0 Å². The topological polar surface area (TPSA) is 96.7 Å². The van der Waals surface area contributed by atoms with Crippen molar-refractivity contribution in [1.29, 1.82) is 0 Å². The standard InChI is InChI=1S/C10H11N5O/c11-9-8(6-14-15-9)10(16)13-5-7-3-1-2-4-12-7/h1-4,6H,5H2,(H,13,16)(H3,11,14,15). The Morgan fingerprint density at radius 3 is 3.00 bits per heavy atom. The van der Waals surface area contributed by atoms with Crippen LogP contribution in [0.5, 0.6) is 0 Å². The Labute approximate surface area is 91.9 Å². The van der Waals surface area contributed by atoms with Crippen LogP contribution in [0.1, 0.15) is 16.1 Å². The third kappa shape index (κ3) is 2.17. The van der Waals surface area contributed by atoms with E-state index in [1.54, 1.807) is 6.20 Å². The summed E-state index contributed by atoms with van der Waals surface area (Å²) in [6.07, 6.45) is 3.07. The van der Waals surface area contributed by atoms with Gasteiger partial charge in [-0.05, 0) is 12.1 Å². The number of aromatic nitrogens is 3. The smallest absolute Gasteiger partial charge is 0.256 e. The van der Waals surface area contributed by atoms with Crippen molar-refractivity contribution in [3.8, 4) is 0 Å². The molecule has 4 N–H and O–H groups in total. The van der Waals surface area contributed by atoms with Crippen molar-refractivity contribution < 1.29 is 4.79 Å². The average molecular weight is 217 g/mol. The number of H-pyrrole nitrogens is 1. The highest BCUT2D eigenvalue weighted by atomic mass is 16.1. The van der Waals surface area contributed by atoms with Gasteiger partial charge < -0.3 is 11.1 Å². The van der Waals surface area contributed by atoms with Gasteiger partial charge in [0.25, 0.3) is 5.91 Å². The first-order chi connectivity index (χ1) is 7.77. The van der Waals surface area contributed by atoms with Gasteiger partial charge in [-0.25, -0.2) is 0 Å². The lowest BCUT2D eigenvalue weighted by atomic mass is 10.3. The number of rotatable bonds is 3. The molecule has 0 aliphatic rings. The number of nitrogen functional groups attached to an aromatic ring is 1. The summed E-state index contributed by atoms with van der Waals surface area (Å²) in [4.78, 5) is 15.7. The second kappa shape index (κ2) is 4.43. The number of anilines is 1. The fourth-order valence-electron chi connectivity index (χ4n) is 1.25. The van der Waals surface area contributed by atoms with Crippen molar-refractivity contribution in [2.45, 2.75) is 6.54 Å². The molecule has 2 aromatic heterocycles. The lowest BCUT2D eigenvalue weighted by Gasteiger charge is -2.03. The first-order valence-electron chi connectivity index (χ1n) is 4.74. The Morgan fingerprint density at radius 1 is 1.50 bits per heavy atom. The molecule has 82 valence electrons. The van der Waals surface area contributed by atoms with E-state index >= 15 is 0 Å². The average Bonchev–Trinajstić information content (AvgIpc) is 2.74. The van der Waals surface area contributed by atoms with Crippen LogP contribution in [-0.4, -0.2) is 21.1 Å². The fraction of sp³-hybridized carbons (Fsp3) is 0.100. The predicted octanol–water partition coefficient (Wildman–Crippen LogP) is 0.317. The Hall–Kier alpha value is -2.37. The molecule has 2 rings (SSSR count). The van der Waals surface area contributed by atoms with Gasteiger partial charge in [0, 0.05) is 6.20 Å². The number of carbonyl (C=O) groups excluding carboxylic acids is 1. The summed E-state index contributed by atoms with van der Waals surface area (Å²) in [5.74, 6) is -0.00424. The van der Waals surface area contributed by atoms with E-state index in [-0.39, 0.29) is 11.7 Å². The molecule has 6 heteroatoms. The zero-order valence-electron chi connectivity index (χ0n) is 8.47. The van der Waals surface area contributed by atoms with Crippen LogP contribution in [-0.2, 0) is 6.54 Å². The number of carbonyl (C=O) groups is 1. The van der Waals surface area contributed by atoms with Gasteiger partial charge in [0.1, 0.15) is 11.4 Å². The molecule has 0 saturated heterocycles. The summed E-state index contributed by atoms with van der Waals surface area (Å²) in [5.41, 5.74) is 6.65. The number of nitrogens with two attached hydrogens (primary N) is 1. The number of hydrogen-bond donors (Lipinski definition) is 3. The Bertz CT molecular complexity index is 479. The summed E-state index contributed by atoms with van der Waals surface area (Å²) < 4.78 is 0. The third-order valence-electron chi connectivity index (χ3n) is 2.07. The van der Waals surface area contributed by atoms with Crippen molar-refractivity contribution >= 4 is 11.7 Å². The lowest BCUT2D eigenvalue weighted by Crippen LogP contribution is -2.23. The van der Waals surface area contributed by atoms with Gasteiger partial charge >= 0.3 is 0 Å². The maximum atomic E-state index is 11.6. The predicted molar refractivity (Wildman–Crippen MR) is 58.4 cm³/mol. The molecule has 0 aromatic carbocycles. The van der Waals surface area contributed by atoms with E-state index in [1.807, 2.05) is 18.2 Å². The van der Waals surface area contributed by atoms with E-state index < -0.39 is 0 Å². The Morgan fingerprint density at radius 2 is 2.38 bits per heavy atom. The van der Waals surface area contributed by atoms with Crippen LogP contribution in [0.15, 0.2) is 30.6 Å². The molecule has 0 bridgehead atoms. The molecule has 16 heavy (non-hydrogen) atoms. The van der Waals surface area contributed by atoms with E-state index in [2.05, 4.69) is 20.5 Å². The van der Waals surface area contributed by atoms with E-state index in [1.165, 1.54) is 6.20 Å². The molecular formula is C10H11N5O. The molecule has 2 heterocycles. The third-order valence-corrected chi connectivity index (χ3v) is 2.07. The number of pyridine rings is 1. The molecule has 0 spiro atoms. The van der Waals surface area contributed by atoms with Crippen molar-refractivity contribution in [2.75, 3.05) is 5.73 Å². The molecule has 0 saturated carbocycles. The molecule has 1 amide bonds. The normalized spacial score (nSPS) is 10.0. The molecule has 0 aliphatic carbocycles. The van der Waals surface area contributed by atoms with Crippen molar-refractivity contribution in [2.24, 2.45) is 0 Å². The summed E-state index contributed by atoms with van der Waals surface area (Å²) in [7, 11) is 0. The van der Waals surface area contributed by atoms with E-state index in [0.717, 1.165) is 5.69 Å². The highest BCUT2D eigenvalue weighted by Crippen LogP contribution is 2.05. The molecule has 0 unspecified atom stereocenters. The SMILES string of the molecule is Nc1[nH]ncc1C(=O)NCc1ccccn1. The lowest BCUT2D eigenvalue weighted by molar-refractivity contribution is 0.0951. The van der Waals surface area contributed by atoms with E-state index in [4.69, 9.17) is 5.73 Å². The van der Waals surface area contributed by atoms with Crippen LogP contribution in [0.2, 0.25) is 0 Å². The van der Waals surface area contributed by atoms with E-state index in [9.17, 15) is 4.79 Å². The molecule has 2 aromatic rings. The molecule has 0 radical (unpaired) electrons. The van der Waals surface area contributed by atoms with Gasteiger partial charge in [-0.1, -0.05) is 6.07 Å². The number of hydrogen-bond acceptors (Lipinski definition) is 4. The van der Waals surface area contributed by atoms with Crippen molar-refractivity contribution in [1.82, 2.24) is 20.5 Å². The van der Waals surface area contributed by atoms with Gasteiger partial charge in [0.2, 0.25) is 0 Å². The first kappa shape index (κ1) is 10.2. The van der Waals surface area contributed by atoms with Crippen LogP contribution in [0, 0.1) is 0 Å². The minimum atomic E-state index is -0.267. The second-order valence-electron chi connectivity index (χ2n) is 3.20. The molecule has 6 nitrogen and oxygen atoms in total. The zero-order valence-corrected chi connectivity index (χ0v) is 8.47. The van der Waals surface area contributed by atoms with Crippen LogP contribution >= 0.6 is 0 Å². The maximum absolute atomic E-state index is 11.6. The summed E-state index contributed by atoms with van der Waals surface area (Å²) >= 11 is 0. The first-order valence-corrected chi connectivity index (χ1v) is 4.74. The second-order valence-corrected chi connectivity index (χ2v) is 3.20. The van der Waals surface area contributed by atoms with Crippen molar-refractivity contribution in [3.63, 3.8) is 0 Å². The van der Waals surface area contributed by atoms with Gasteiger partial charge in [-0.3, -0.25) is 14.9 Å². The largest absolute Gasteiger partial charge is 0.383 e. The quantitative estimate of drug-likeness (QED) is 0.689. The molecular weight excluding hydrogens is 206 g/mol. The fourth-order valence-corrected chi connectivity index (χ4v) is 1.25. The van der Waals surface area contributed by atoms with Crippen LogP contribution in [0.25, 0.3) is 0 Å². The Balaban J connectivity index is 1.97. The number of amides is 1. The molecule has 0 fully saturated rings. The summed E-state index contributed by atoms with van der Waals surface area (Å²) in [6, 6.07) is 5.51. The highest BCUT2D eigenvalue weighted by molar-refractivity contribution is 5.97. The maximum Gasteiger partial charge on any atom is 0.256 e. The summed E-state index contributed by atoms with van der Waals surface area (Å²) in [5, 5.41) is 8.87. The van der Waals surface area contributed by atoms with Crippen LogP contribution in [0.3, 0.4) is 0 Å². The minimum Gasteiger partial charge on any atom is -0.383 e. The van der Waals surface area contributed by atoms with Crippen LogP contribution in [0.4, 0.5) is 5.82 Å². The van der Waals surface area contributed by atoms with Gasteiger partial charge in [-0.2, -0.15) is 5.10 Å². The molecule has 0 atom stereocenters. The number of nitrogens with one attached hydrogen (secondary N) is 2. The number of aromatic amines is 1. The van der Waals surface area contributed by atoms with Crippen LogP contribution < -0.4 is 11.1 Å². The summed E-state index contributed by atoms with van der Waals surface area (Å²) in [6.45, 7) is 0.365. The van der Waals surface area contributed by atoms with Gasteiger partial charge in [0.15, 0.2) is 0 Å². The minimum absolute atomic E-state index is 0.263. The molecule has 0 aliphatic heterocycles. The zero-order chi connectivity index (χ0) is 11.4. The van der Waals surface area contributed by atoms with E-state index in [0.29, 0.717) is 12.1 Å². The Kier molecular flexibility index (Phi) is 2.81. The number of nitrogens with zero attached hydrogens (tertiary/aromatic N) is 2. The highest BCUT2D eigenvalue weighted by Gasteiger charge is 2.10. The monoisotopic (exact) mass is 217 g/mol.